The Morgan fingerprint density at radius 3 is 2.30 bits per heavy atom. The van der Waals surface area contributed by atoms with Crippen LogP contribution in [0, 0.1) is 6.92 Å². The van der Waals surface area contributed by atoms with Crippen molar-refractivity contribution in [3.05, 3.63) is 70.1 Å². The number of nitrogens with zero attached hydrogens (tertiary/aromatic N) is 1. The Balaban J connectivity index is 2.02. The Labute approximate surface area is 164 Å². The van der Waals surface area contributed by atoms with Gasteiger partial charge >= 0.3 is 0 Å². The van der Waals surface area contributed by atoms with E-state index >= 15 is 0 Å². The Bertz CT molecular complexity index is 900. The number of thioether (sulfide) groups is 1. The average Bonchev–Trinajstić information content (AvgIpc) is 2.87. The molecule has 0 N–H and O–H groups in total. The van der Waals surface area contributed by atoms with Gasteiger partial charge in [-0.05, 0) is 18.6 Å². The molecule has 2 amide bonds. The summed E-state index contributed by atoms with van der Waals surface area (Å²) in [6.07, 6.45) is 0. The van der Waals surface area contributed by atoms with Gasteiger partial charge in [0, 0.05) is 10.8 Å². The lowest BCUT2D eigenvalue weighted by atomic mass is 10.0. The number of carbonyl (C=O) groups excluding carboxylic acids is 2. The molecule has 0 spiro atoms. The van der Waals surface area contributed by atoms with Gasteiger partial charge in [-0.1, -0.05) is 61.9 Å². The molecule has 1 aliphatic rings. The molecule has 0 radical (unpaired) electrons. The van der Waals surface area contributed by atoms with Crippen LogP contribution in [0.15, 0.2) is 53.4 Å². The van der Waals surface area contributed by atoms with E-state index < -0.39 is 0 Å². The number of carbonyl (C=O) groups is 2. The zero-order chi connectivity index (χ0) is 19.6. The van der Waals surface area contributed by atoms with E-state index in [1.54, 1.807) is 13.2 Å². The van der Waals surface area contributed by atoms with E-state index in [0.29, 0.717) is 21.8 Å². The number of methoxy groups -OCH3 is 1. The van der Waals surface area contributed by atoms with Gasteiger partial charge in [-0.25, -0.2) is 0 Å². The number of aryl methyl sites for hydroxylation is 1. The van der Waals surface area contributed by atoms with E-state index in [1.807, 2.05) is 63.2 Å². The van der Waals surface area contributed by atoms with Gasteiger partial charge in [0.05, 0.1) is 24.1 Å². The van der Waals surface area contributed by atoms with Crippen molar-refractivity contribution in [2.24, 2.45) is 0 Å². The molecule has 3 rings (SSSR count). The zero-order valence-electron chi connectivity index (χ0n) is 16.0. The van der Waals surface area contributed by atoms with Crippen LogP contribution in [-0.2, 0) is 16.1 Å². The van der Waals surface area contributed by atoms with Gasteiger partial charge in [0.15, 0.2) is 0 Å². The molecule has 2 aromatic rings. The molecule has 0 aliphatic carbocycles. The van der Waals surface area contributed by atoms with Crippen LogP contribution in [0.1, 0.15) is 30.5 Å². The van der Waals surface area contributed by atoms with Crippen LogP contribution in [0.4, 0.5) is 0 Å². The summed E-state index contributed by atoms with van der Waals surface area (Å²) in [6, 6.07) is 15.2. The minimum atomic E-state index is -0.270. The third kappa shape index (κ3) is 3.93. The molecule has 1 aliphatic heterocycles. The van der Waals surface area contributed by atoms with Gasteiger partial charge in [0.2, 0.25) is 0 Å². The molecule has 0 aromatic heterocycles. The average molecular weight is 381 g/mol. The van der Waals surface area contributed by atoms with Crippen molar-refractivity contribution in [3.8, 4) is 5.75 Å². The van der Waals surface area contributed by atoms with Crippen LogP contribution < -0.4 is 4.74 Å². The van der Waals surface area contributed by atoms with Gasteiger partial charge < -0.3 is 4.74 Å². The molecule has 0 saturated carbocycles. The van der Waals surface area contributed by atoms with Gasteiger partial charge in [0.25, 0.3) is 11.8 Å². The summed E-state index contributed by atoms with van der Waals surface area (Å²) in [5, 5.41) is 0.181. The minimum absolute atomic E-state index is 0.181. The molecule has 1 heterocycles. The smallest absolute Gasteiger partial charge is 0.268 e. The third-order valence-corrected chi connectivity index (χ3v) is 5.40. The topological polar surface area (TPSA) is 46.6 Å². The first-order chi connectivity index (χ1) is 12.9. The number of hydrogen-bond acceptors (Lipinski definition) is 4. The Kier molecular flexibility index (Phi) is 5.71. The molecule has 2 aromatic carbocycles. The normalized spacial score (nSPS) is 14.5. The number of para-hydroxylation sites is 1. The summed E-state index contributed by atoms with van der Waals surface area (Å²) >= 11 is 1.42. The highest BCUT2D eigenvalue weighted by molar-refractivity contribution is 8.04. The maximum atomic E-state index is 13.2. The predicted molar refractivity (Wildman–Crippen MR) is 109 cm³/mol. The highest BCUT2D eigenvalue weighted by atomic mass is 32.2. The minimum Gasteiger partial charge on any atom is -0.496 e. The van der Waals surface area contributed by atoms with E-state index in [2.05, 4.69) is 0 Å². The maximum absolute atomic E-state index is 13.2. The molecule has 27 heavy (non-hydrogen) atoms. The van der Waals surface area contributed by atoms with E-state index in [0.717, 1.165) is 11.1 Å². The molecule has 0 saturated heterocycles. The van der Waals surface area contributed by atoms with Crippen molar-refractivity contribution < 1.29 is 14.3 Å². The van der Waals surface area contributed by atoms with Crippen molar-refractivity contribution in [2.75, 3.05) is 7.11 Å². The number of imide groups is 1. The first-order valence-electron chi connectivity index (χ1n) is 8.88. The fourth-order valence-corrected chi connectivity index (χ4v) is 4.00. The molecule has 0 fully saturated rings. The molecule has 0 bridgehead atoms. The second-order valence-corrected chi connectivity index (χ2v) is 8.34. The van der Waals surface area contributed by atoms with Crippen molar-refractivity contribution in [3.63, 3.8) is 0 Å². The number of hydrogen-bond donors (Lipinski definition) is 0. The summed E-state index contributed by atoms with van der Waals surface area (Å²) in [4.78, 5) is 28.1. The molecule has 140 valence electrons. The summed E-state index contributed by atoms with van der Waals surface area (Å²) in [5.74, 6) is 0.0844. The molecular weight excluding hydrogens is 358 g/mol. The quantitative estimate of drug-likeness (QED) is 0.695. The van der Waals surface area contributed by atoms with Crippen LogP contribution >= 0.6 is 11.8 Å². The molecule has 4 nitrogen and oxygen atoms in total. The standard InChI is InChI=1S/C22H23NO3S/c1-14(2)27-20-19(17-7-5-6-8-18(17)26-4)21(24)23(22(20)25)13-16-11-9-15(3)10-12-16/h5-12,14H,13H2,1-4H3. The first-order valence-corrected chi connectivity index (χ1v) is 9.76. The monoisotopic (exact) mass is 381 g/mol. The van der Waals surface area contributed by atoms with Crippen LogP contribution in [0.5, 0.6) is 5.75 Å². The van der Waals surface area contributed by atoms with E-state index in [-0.39, 0.29) is 23.6 Å². The fraction of sp³-hybridized carbons (Fsp3) is 0.273. The molecule has 0 atom stereocenters. The highest BCUT2D eigenvalue weighted by Crippen LogP contribution is 2.41. The van der Waals surface area contributed by atoms with Crippen LogP contribution in [-0.4, -0.2) is 29.1 Å². The van der Waals surface area contributed by atoms with Crippen LogP contribution in [0.25, 0.3) is 5.57 Å². The van der Waals surface area contributed by atoms with Gasteiger partial charge in [-0.2, -0.15) is 0 Å². The van der Waals surface area contributed by atoms with Crippen molar-refractivity contribution in [1.29, 1.82) is 0 Å². The SMILES string of the molecule is COc1ccccc1C1=C(SC(C)C)C(=O)N(Cc2ccc(C)cc2)C1=O. The Morgan fingerprint density at radius 2 is 1.67 bits per heavy atom. The maximum Gasteiger partial charge on any atom is 0.268 e. The number of ether oxygens (including phenoxy) is 1. The van der Waals surface area contributed by atoms with E-state index in [4.69, 9.17) is 4.74 Å². The molecule has 0 unspecified atom stereocenters. The lowest BCUT2D eigenvalue weighted by Gasteiger charge is -2.16. The lowest BCUT2D eigenvalue weighted by Crippen LogP contribution is -2.31. The van der Waals surface area contributed by atoms with Gasteiger partial charge in [0.1, 0.15) is 5.75 Å². The predicted octanol–water partition coefficient (Wildman–Crippen LogP) is 4.43. The third-order valence-electron chi connectivity index (χ3n) is 4.32. The summed E-state index contributed by atoms with van der Waals surface area (Å²) in [7, 11) is 1.57. The van der Waals surface area contributed by atoms with Crippen molar-refractivity contribution in [1.82, 2.24) is 4.90 Å². The van der Waals surface area contributed by atoms with Crippen molar-refractivity contribution >= 4 is 29.1 Å². The number of rotatable bonds is 6. The number of benzene rings is 2. The zero-order valence-corrected chi connectivity index (χ0v) is 16.8. The molecular formula is C22H23NO3S. The van der Waals surface area contributed by atoms with E-state index in [1.165, 1.54) is 16.7 Å². The van der Waals surface area contributed by atoms with Gasteiger partial charge in [-0.15, -0.1) is 11.8 Å². The van der Waals surface area contributed by atoms with Crippen molar-refractivity contribution in [2.45, 2.75) is 32.6 Å². The first kappa shape index (κ1) is 19.2. The summed E-state index contributed by atoms with van der Waals surface area (Å²) in [5.41, 5.74) is 3.16. The fourth-order valence-electron chi connectivity index (χ4n) is 3.01. The Hall–Kier alpha value is -2.53. The Morgan fingerprint density at radius 1 is 1.00 bits per heavy atom. The van der Waals surface area contributed by atoms with Crippen LogP contribution in [0.2, 0.25) is 0 Å². The highest BCUT2D eigenvalue weighted by Gasteiger charge is 2.40. The summed E-state index contributed by atoms with van der Waals surface area (Å²) < 4.78 is 5.44. The number of amides is 2. The summed E-state index contributed by atoms with van der Waals surface area (Å²) in [6.45, 7) is 6.29. The van der Waals surface area contributed by atoms with E-state index in [9.17, 15) is 9.59 Å². The second-order valence-electron chi connectivity index (χ2n) is 6.75. The molecule has 5 heteroatoms. The second kappa shape index (κ2) is 8.01. The lowest BCUT2D eigenvalue weighted by molar-refractivity contribution is -0.137. The van der Waals surface area contributed by atoms with Crippen LogP contribution in [0.3, 0.4) is 0 Å². The largest absolute Gasteiger partial charge is 0.496 e. The van der Waals surface area contributed by atoms with Gasteiger partial charge in [-0.3, -0.25) is 14.5 Å².